The van der Waals surface area contributed by atoms with Gasteiger partial charge in [0.25, 0.3) is 5.69 Å². The molecule has 0 saturated carbocycles. The van der Waals surface area contributed by atoms with Gasteiger partial charge in [-0.3, -0.25) is 14.5 Å². The number of nitrogen functional groups attached to an aromatic ring is 1. The molecule has 0 bridgehead atoms. The normalized spacial score (nSPS) is 10.9. The highest BCUT2D eigenvalue weighted by Gasteiger charge is 2.13. The van der Waals surface area contributed by atoms with Crippen molar-refractivity contribution in [3.05, 3.63) is 58.3 Å². The summed E-state index contributed by atoms with van der Waals surface area (Å²) in [6, 6.07) is 10.5. The highest BCUT2D eigenvalue weighted by atomic mass is 32.2. The number of anilines is 1. The lowest BCUT2D eigenvalue weighted by atomic mass is 10.2. The van der Waals surface area contributed by atoms with Crippen molar-refractivity contribution in [2.75, 3.05) is 5.73 Å². The van der Waals surface area contributed by atoms with Crippen molar-refractivity contribution in [1.82, 2.24) is 14.6 Å². The van der Waals surface area contributed by atoms with Gasteiger partial charge in [-0.15, -0.1) is 10.2 Å². The smallest absolute Gasteiger partial charge is 0.292 e. The van der Waals surface area contributed by atoms with Crippen LogP contribution in [0.1, 0.15) is 5.56 Å². The van der Waals surface area contributed by atoms with Crippen LogP contribution in [0.2, 0.25) is 0 Å². The fourth-order valence-electron chi connectivity index (χ4n) is 1.90. The Bertz CT molecular complexity index is 817. The zero-order chi connectivity index (χ0) is 14.8. The van der Waals surface area contributed by atoms with E-state index in [1.54, 1.807) is 12.1 Å². The summed E-state index contributed by atoms with van der Waals surface area (Å²) in [7, 11) is 0. The van der Waals surface area contributed by atoms with Gasteiger partial charge in [-0.2, -0.15) is 0 Å². The number of nitro benzene ring substituents is 1. The molecule has 0 unspecified atom stereocenters. The minimum absolute atomic E-state index is 0.0702. The topological polar surface area (TPSA) is 99.3 Å². The third-order valence-corrected chi connectivity index (χ3v) is 3.96. The summed E-state index contributed by atoms with van der Waals surface area (Å²) in [5, 5.41) is 19.8. The van der Waals surface area contributed by atoms with Crippen LogP contribution in [0.3, 0.4) is 0 Å². The molecule has 0 aliphatic heterocycles. The molecule has 0 aliphatic rings. The van der Waals surface area contributed by atoms with Gasteiger partial charge < -0.3 is 5.73 Å². The van der Waals surface area contributed by atoms with Crippen LogP contribution in [0, 0.1) is 10.1 Å². The van der Waals surface area contributed by atoms with E-state index < -0.39 is 4.92 Å². The van der Waals surface area contributed by atoms with Gasteiger partial charge in [0.05, 0.1) is 4.92 Å². The predicted octanol–water partition coefficient (Wildman–Crippen LogP) is 2.51. The number of thioether (sulfide) groups is 1. The van der Waals surface area contributed by atoms with E-state index in [2.05, 4.69) is 10.2 Å². The van der Waals surface area contributed by atoms with Gasteiger partial charge in [0.2, 0.25) is 0 Å². The van der Waals surface area contributed by atoms with Gasteiger partial charge in [-0.25, -0.2) is 0 Å². The molecule has 0 fully saturated rings. The fraction of sp³-hybridized carbons (Fsp3) is 0.0769. The maximum atomic E-state index is 10.9. The van der Waals surface area contributed by atoms with E-state index in [-0.39, 0.29) is 11.4 Å². The number of fused-ring (bicyclic) bond motifs is 1. The number of hydrogen-bond donors (Lipinski definition) is 1. The van der Waals surface area contributed by atoms with Gasteiger partial charge in [0.15, 0.2) is 10.8 Å². The first-order valence-electron chi connectivity index (χ1n) is 6.10. The monoisotopic (exact) mass is 301 g/mol. The Labute approximate surface area is 123 Å². The second kappa shape index (κ2) is 5.41. The summed E-state index contributed by atoms with van der Waals surface area (Å²) in [6.07, 6.45) is 1.88. The summed E-state index contributed by atoms with van der Waals surface area (Å²) >= 11 is 1.46. The van der Waals surface area contributed by atoms with Crippen molar-refractivity contribution in [3.63, 3.8) is 0 Å². The molecule has 0 saturated heterocycles. The SMILES string of the molecule is Nc1ccc(CSc2nnc3ccccn23)cc1[N+](=O)[O-]. The van der Waals surface area contributed by atoms with E-state index in [4.69, 9.17) is 5.73 Å². The van der Waals surface area contributed by atoms with E-state index in [0.29, 0.717) is 5.75 Å². The molecule has 2 aromatic heterocycles. The van der Waals surface area contributed by atoms with E-state index in [1.807, 2.05) is 28.8 Å². The Balaban J connectivity index is 1.82. The van der Waals surface area contributed by atoms with Crippen molar-refractivity contribution in [2.45, 2.75) is 10.9 Å². The lowest BCUT2D eigenvalue weighted by Gasteiger charge is -2.02. The van der Waals surface area contributed by atoms with Gasteiger partial charge in [-0.1, -0.05) is 23.9 Å². The maximum absolute atomic E-state index is 10.9. The molecule has 3 aromatic rings. The van der Waals surface area contributed by atoms with E-state index >= 15 is 0 Å². The molecular formula is C13H11N5O2S. The van der Waals surface area contributed by atoms with Crippen LogP contribution in [0.15, 0.2) is 47.8 Å². The van der Waals surface area contributed by atoms with Crippen LogP contribution >= 0.6 is 11.8 Å². The van der Waals surface area contributed by atoms with Crippen LogP contribution in [-0.2, 0) is 5.75 Å². The molecular weight excluding hydrogens is 290 g/mol. The highest BCUT2D eigenvalue weighted by Crippen LogP contribution is 2.27. The summed E-state index contributed by atoms with van der Waals surface area (Å²) in [4.78, 5) is 10.4. The number of aromatic nitrogens is 3. The second-order valence-corrected chi connectivity index (χ2v) is 5.29. The first-order valence-corrected chi connectivity index (χ1v) is 7.09. The van der Waals surface area contributed by atoms with Gasteiger partial charge >= 0.3 is 0 Å². The van der Waals surface area contributed by atoms with E-state index in [0.717, 1.165) is 16.4 Å². The quantitative estimate of drug-likeness (QED) is 0.344. The minimum atomic E-state index is -0.476. The lowest BCUT2D eigenvalue weighted by Crippen LogP contribution is -1.96. The van der Waals surface area contributed by atoms with Crippen LogP contribution in [0.25, 0.3) is 5.65 Å². The first kappa shape index (κ1) is 13.4. The molecule has 21 heavy (non-hydrogen) atoms. The number of hydrogen-bond acceptors (Lipinski definition) is 6. The molecule has 1 aromatic carbocycles. The van der Waals surface area contributed by atoms with Crippen LogP contribution < -0.4 is 5.73 Å². The van der Waals surface area contributed by atoms with Crippen molar-refractivity contribution < 1.29 is 4.92 Å². The predicted molar refractivity (Wildman–Crippen MR) is 80.1 cm³/mol. The molecule has 0 atom stereocenters. The minimum Gasteiger partial charge on any atom is -0.393 e. The molecule has 0 spiro atoms. The average Bonchev–Trinajstić information content (AvgIpc) is 2.89. The van der Waals surface area contributed by atoms with Crippen molar-refractivity contribution in [3.8, 4) is 0 Å². The third-order valence-electron chi connectivity index (χ3n) is 2.94. The number of benzene rings is 1. The molecule has 8 heteroatoms. The molecule has 0 amide bonds. The number of pyridine rings is 1. The lowest BCUT2D eigenvalue weighted by molar-refractivity contribution is -0.383. The van der Waals surface area contributed by atoms with Crippen molar-refractivity contribution in [1.29, 1.82) is 0 Å². The molecule has 2 N–H and O–H groups in total. The highest BCUT2D eigenvalue weighted by molar-refractivity contribution is 7.98. The molecule has 7 nitrogen and oxygen atoms in total. The molecule has 0 radical (unpaired) electrons. The summed E-state index contributed by atoms with van der Waals surface area (Å²) < 4.78 is 1.87. The standard InChI is InChI=1S/C13H11N5O2S/c14-10-5-4-9(7-11(10)18(19)20)8-21-13-16-15-12-3-1-2-6-17(12)13/h1-7H,8,14H2. The average molecular weight is 301 g/mol. The zero-order valence-electron chi connectivity index (χ0n) is 10.8. The Hall–Kier alpha value is -2.61. The van der Waals surface area contributed by atoms with Crippen LogP contribution in [-0.4, -0.2) is 19.5 Å². The number of nitrogens with zero attached hydrogens (tertiary/aromatic N) is 4. The Morgan fingerprint density at radius 2 is 2.14 bits per heavy atom. The Morgan fingerprint density at radius 1 is 1.29 bits per heavy atom. The van der Waals surface area contributed by atoms with E-state index in [1.165, 1.54) is 17.8 Å². The van der Waals surface area contributed by atoms with Gasteiger partial charge in [0, 0.05) is 18.0 Å². The third kappa shape index (κ3) is 2.65. The number of nitrogens with two attached hydrogens (primary N) is 1. The second-order valence-electron chi connectivity index (χ2n) is 4.35. The molecule has 2 heterocycles. The Morgan fingerprint density at radius 3 is 2.95 bits per heavy atom. The largest absolute Gasteiger partial charge is 0.393 e. The van der Waals surface area contributed by atoms with Gasteiger partial charge in [0.1, 0.15) is 5.69 Å². The fourth-order valence-corrected chi connectivity index (χ4v) is 2.77. The van der Waals surface area contributed by atoms with Crippen molar-refractivity contribution >= 4 is 28.8 Å². The molecule has 3 rings (SSSR count). The molecule has 106 valence electrons. The van der Waals surface area contributed by atoms with Crippen LogP contribution in [0.4, 0.5) is 11.4 Å². The summed E-state index contributed by atoms with van der Waals surface area (Å²) in [6.45, 7) is 0. The Kier molecular flexibility index (Phi) is 3.44. The number of rotatable bonds is 4. The first-order chi connectivity index (χ1) is 10.1. The summed E-state index contributed by atoms with van der Waals surface area (Å²) in [5.74, 6) is 0.552. The van der Waals surface area contributed by atoms with Crippen LogP contribution in [0.5, 0.6) is 0 Å². The summed E-state index contributed by atoms with van der Waals surface area (Å²) in [5.41, 5.74) is 7.26. The van der Waals surface area contributed by atoms with E-state index in [9.17, 15) is 10.1 Å². The van der Waals surface area contributed by atoms with Crippen molar-refractivity contribution in [2.24, 2.45) is 0 Å². The zero-order valence-corrected chi connectivity index (χ0v) is 11.7. The number of nitro groups is 1. The maximum Gasteiger partial charge on any atom is 0.292 e. The van der Waals surface area contributed by atoms with Gasteiger partial charge in [-0.05, 0) is 23.8 Å². The molecule has 0 aliphatic carbocycles.